The van der Waals surface area contributed by atoms with Crippen molar-refractivity contribution in [1.29, 1.82) is 0 Å². The first kappa shape index (κ1) is 24.2. The molecule has 0 bridgehead atoms. The number of benzene rings is 2. The van der Waals surface area contributed by atoms with E-state index in [-0.39, 0.29) is 16.4 Å². The van der Waals surface area contributed by atoms with Gasteiger partial charge in [0.15, 0.2) is 5.11 Å². The normalized spacial score (nSPS) is 17.8. The lowest BCUT2D eigenvalue weighted by Gasteiger charge is -2.38. The van der Waals surface area contributed by atoms with Gasteiger partial charge in [0, 0.05) is 15.9 Å². The van der Waals surface area contributed by atoms with Crippen molar-refractivity contribution in [2.45, 2.75) is 25.4 Å². The number of esters is 1. The molecule has 2 aromatic carbocycles. The van der Waals surface area contributed by atoms with E-state index in [1.54, 1.807) is 25.1 Å². The fourth-order valence-electron chi connectivity index (χ4n) is 3.44. The highest BCUT2D eigenvalue weighted by molar-refractivity contribution is 9.10. The average molecular weight is 530 g/mol. The van der Waals surface area contributed by atoms with Crippen molar-refractivity contribution in [3.63, 3.8) is 0 Å². The number of carbonyl (C=O) groups excluding carboxylic acids is 1. The summed E-state index contributed by atoms with van der Waals surface area (Å²) < 4.78 is 45.2. The third-order valence-electron chi connectivity index (χ3n) is 5.00. The maximum absolute atomic E-state index is 13.2. The van der Waals surface area contributed by atoms with Crippen LogP contribution >= 0.6 is 28.1 Å². The number of aliphatic hydroxyl groups is 1. The van der Waals surface area contributed by atoms with Gasteiger partial charge in [-0.05, 0) is 54.5 Å². The summed E-state index contributed by atoms with van der Waals surface area (Å²) >= 11 is 8.88. The van der Waals surface area contributed by atoms with Crippen LogP contribution in [0.25, 0.3) is 0 Å². The number of nitrogens with two attached hydrogens (primary N) is 1. The fourth-order valence-corrected chi connectivity index (χ4v) is 4.43. The maximum Gasteiger partial charge on any atom is 0.416 e. The molecule has 6 nitrogen and oxygen atoms in total. The molecule has 2 aromatic rings. The topological polar surface area (TPSA) is 87.8 Å². The molecule has 32 heavy (non-hydrogen) atoms. The zero-order chi connectivity index (χ0) is 23.8. The molecule has 0 saturated heterocycles. The number of allylic oxidation sites excluding steroid dienone is 1. The van der Waals surface area contributed by atoms with Crippen LogP contribution in [0.5, 0.6) is 0 Å². The van der Waals surface area contributed by atoms with Gasteiger partial charge in [-0.2, -0.15) is 13.2 Å². The number of hydrogen-bond acceptors (Lipinski definition) is 5. The molecule has 0 radical (unpaired) electrons. The van der Waals surface area contributed by atoms with Crippen LogP contribution in [0.1, 0.15) is 35.9 Å². The molecule has 0 saturated carbocycles. The predicted octanol–water partition coefficient (Wildman–Crippen LogP) is 4.30. The van der Waals surface area contributed by atoms with E-state index in [1.807, 2.05) is 0 Å². The van der Waals surface area contributed by atoms with Crippen molar-refractivity contribution < 1.29 is 27.8 Å². The van der Waals surface area contributed by atoms with E-state index in [9.17, 15) is 23.1 Å². The molecule has 0 spiro atoms. The maximum atomic E-state index is 13.2. The van der Waals surface area contributed by atoms with Gasteiger partial charge < -0.3 is 20.9 Å². The Balaban J connectivity index is 2.15. The molecule has 0 fully saturated rings. The average Bonchev–Trinajstić information content (AvgIpc) is 2.72. The molecule has 170 valence electrons. The number of rotatable bonds is 4. The number of nitrogens with zero attached hydrogens (tertiary/aromatic N) is 1. The van der Waals surface area contributed by atoms with Crippen LogP contribution < -0.4 is 16.0 Å². The Labute approximate surface area is 196 Å². The first-order valence-electron chi connectivity index (χ1n) is 9.25. The summed E-state index contributed by atoms with van der Waals surface area (Å²) in [5, 5.41) is 12.7. The molecular weight excluding hydrogens is 511 g/mol. The van der Waals surface area contributed by atoms with Crippen molar-refractivity contribution in [3.8, 4) is 0 Å². The van der Waals surface area contributed by atoms with Gasteiger partial charge >= 0.3 is 12.1 Å². The van der Waals surface area contributed by atoms with E-state index in [0.29, 0.717) is 21.3 Å². The molecule has 4 N–H and O–H groups in total. The molecular formula is C21H19BrF3N3O3S. The quantitative estimate of drug-likeness (QED) is 0.309. The lowest BCUT2D eigenvalue weighted by Crippen LogP contribution is -2.48. The van der Waals surface area contributed by atoms with Crippen molar-refractivity contribution in [2.24, 2.45) is 5.73 Å². The number of methoxy groups -OCH3 is 1. The van der Waals surface area contributed by atoms with Gasteiger partial charge in [-0.25, -0.2) is 4.79 Å². The Morgan fingerprint density at radius 3 is 2.56 bits per heavy atom. The van der Waals surface area contributed by atoms with E-state index in [0.717, 1.165) is 12.1 Å². The van der Waals surface area contributed by atoms with Crippen molar-refractivity contribution in [1.82, 2.24) is 5.32 Å². The second-order valence-electron chi connectivity index (χ2n) is 6.98. The SMILES string of the molecule is COC(=O)C1=C(C)N(c2cccc(C(F)(F)F)c2)C(=S)NC1c1ccc(C(N)O)cc1Br. The minimum atomic E-state index is -4.54. The van der Waals surface area contributed by atoms with Crippen LogP contribution in [-0.2, 0) is 15.7 Å². The highest BCUT2D eigenvalue weighted by Crippen LogP contribution is 2.39. The van der Waals surface area contributed by atoms with Gasteiger partial charge in [0.05, 0.1) is 24.3 Å². The third kappa shape index (κ3) is 4.65. The summed E-state index contributed by atoms with van der Waals surface area (Å²) in [4.78, 5) is 14.1. The Morgan fingerprint density at radius 1 is 1.31 bits per heavy atom. The zero-order valence-corrected chi connectivity index (χ0v) is 19.3. The summed E-state index contributed by atoms with van der Waals surface area (Å²) in [7, 11) is 1.21. The summed E-state index contributed by atoms with van der Waals surface area (Å²) in [6.07, 6.45) is -5.72. The predicted molar refractivity (Wildman–Crippen MR) is 120 cm³/mol. The first-order chi connectivity index (χ1) is 15.0. The minimum Gasteiger partial charge on any atom is -0.466 e. The van der Waals surface area contributed by atoms with E-state index >= 15 is 0 Å². The van der Waals surface area contributed by atoms with Gasteiger partial charge in [0.2, 0.25) is 0 Å². The standard InChI is InChI=1S/C21H19BrF3N3O3S/c1-10-16(19(30)31-2)17(14-7-6-11(18(26)29)8-15(14)22)27-20(32)28(10)13-5-3-4-12(9-13)21(23,24)25/h3-9,17-18,29H,26H2,1-2H3,(H,27,32). The Kier molecular flexibility index (Phi) is 6.94. The number of aliphatic hydroxyl groups excluding tert-OH is 1. The van der Waals surface area contributed by atoms with Crippen LogP contribution in [0, 0.1) is 0 Å². The Hall–Kier alpha value is -2.47. The molecule has 2 unspecified atom stereocenters. The molecule has 2 atom stereocenters. The summed E-state index contributed by atoms with van der Waals surface area (Å²) in [5.74, 6) is -0.672. The molecule has 0 aromatic heterocycles. The number of alkyl halides is 3. The van der Waals surface area contributed by atoms with Crippen LogP contribution in [0.2, 0.25) is 0 Å². The molecule has 3 rings (SSSR count). The fraction of sp³-hybridized carbons (Fsp3) is 0.238. The first-order valence-corrected chi connectivity index (χ1v) is 10.5. The van der Waals surface area contributed by atoms with E-state index in [4.69, 9.17) is 22.7 Å². The number of carbonyl (C=O) groups is 1. The molecule has 11 heteroatoms. The number of ether oxygens (including phenoxy) is 1. The number of nitrogens with one attached hydrogen (secondary N) is 1. The Morgan fingerprint density at radius 2 is 2.00 bits per heavy atom. The second-order valence-corrected chi connectivity index (χ2v) is 8.22. The van der Waals surface area contributed by atoms with E-state index < -0.39 is 30.0 Å². The largest absolute Gasteiger partial charge is 0.466 e. The summed E-state index contributed by atoms with van der Waals surface area (Å²) in [6, 6.07) is 8.76. The van der Waals surface area contributed by atoms with Crippen LogP contribution in [0.3, 0.4) is 0 Å². The lowest BCUT2D eigenvalue weighted by molar-refractivity contribution is -0.138. The zero-order valence-electron chi connectivity index (χ0n) is 16.9. The second kappa shape index (κ2) is 9.18. The van der Waals surface area contributed by atoms with Crippen LogP contribution in [0.4, 0.5) is 18.9 Å². The lowest BCUT2D eigenvalue weighted by atomic mass is 9.94. The van der Waals surface area contributed by atoms with Gasteiger partial charge in [0.1, 0.15) is 6.23 Å². The molecule has 1 aliphatic rings. The van der Waals surface area contributed by atoms with Crippen molar-refractivity contribution >= 4 is 44.9 Å². The molecule has 0 aliphatic carbocycles. The Bertz CT molecular complexity index is 1110. The number of anilines is 1. The van der Waals surface area contributed by atoms with E-state index in [1.165, 1.54) is 24.1 Å². The minimum absolute atomic E-state index is 0.106. The smallest absolute Gasteiger partial charge is 0.416 e. The monoisotopic (exact) mass is 529 g/mol. The van der Waals surface area contributed by atoms with Gasteiger partial charge in [-0.1, -0.05) is 34.1 Å². The van der Waals surface area contributed by atoms with Gasteiger partial charge in [0.25, 0.3) is 0 Å². The van der Waals surface area contributed by atoms with Gasteiger partial charge in [-0.3, -0.25) is 4.90 Å². The highest BCUT2D eigenvalue weighted by Gasteiger charge is 2.37. The summed E-state index contributed by atoms with van der Waals surface area (Å²) in [5.41, 5.74) is 6.35. The van der Waals surface area contributed by atoms with Crippen LogP contribution in [0.15, 0.2) is 58.2 Å². The summed E-state index contributed by atoms with van der Waals surface area (Å²) in [6.45, 7) is 1.58. The van der Waals surface area contributed by atoms with Crippen LogP contribution in [-0.4, -0.2) is 23.3 Å². The van der Waals surface area contributed by atoms with Crippen molar-refractivity contribution in [2.75, 3.05) is 12.0 Å². The van der Waals surface area contributed by atoms with E-state index in [2.05, 4.69) is 21.2 Å². The highest BCUT2D eigenvalue weighted by atomic mass is 79.9. The van der Waals surface area contributed by atoms with Crippen molar-refractivity contribution in [3.05, 3.63) is 74.9 Å². The molecule has 1 aliphatic heterocycles. The number of thiocarbonyl (C=S) groups is 1. The van der Waals surface area contributed by atoms with Gasteiger partial charge in [-0.15, -0.1) is 0 Å². The molecule has 0 amide bonds. The third-order valence-corrected chi connectivity index (χ3v) is 5.99. The molecule has 1 heterocycles. The number of halogens is 4. The number of hydrogen-bond donors (Lipinski definition) is 3.